The van der Waals surface area contributed by atoms with Crippen LogP contribution in [0.3, 0.4) is 0 Å². The largest absolute Gasteiger partial charge is 0.499 e. The van der Waals surface area contributed by atoms with Gasteiger partial charge in [-0.05, 0) is 12.1 Å². The summed E-state index contributed by atoms with van der Waals surface area (Å²) >= 11 is 13.7. The number of methoxy groups -OCH3 is 1. The van der Waals surface area contributed by atoms with Crippen molar-refractivity contribution < 1.29 is 28.5 Å². The van der Waals surface area contributed by atoms with E-state index in [9.17, 15) is 19.2 Å². The number of hydrogen-bond donors (Lipinski definition) is 1. The Morgan fingerprint density at radius 3 is 2.46 bits per heavy atom. The summed E-state index contributed by atoms with van der Waals surface area (Å²) in [4.78, 5) is 63.6. The molecule has 238 valence electrons. The van der Waals surface area contributed by atoms with E-state index in [0.717, 1.165) is 36.6 Å². The Hall–Kier alpha value is -4.39. The molecule has 46 heavy (non-hydrogen) atoms. The zero-order valence-electron chi connectivity index (χ0n) is 25.7. The highest BCUT2D eigenvalue weighted by atomic mass is 35.5. The van der Waals surface area contributed by atoms with Gasteiger partial charge in [-0.2, -0.15) is 9.69 Å². The highest BCUT2D eigenvalue weighted by molar-refractivity contribution is 6.39. The number of likely N-dealkylation sites (tertiary alicyclic amines) is 2. The fourth-order valence-electron chi connectivity index (χ4n) is 6.29. The predicted octanol–water partition coefficient (Wildman–Crippen LogP) is 3.65. The molecule has 5 amide bonds. The minimum Gasteiger partial charge on any atom is -0.481 e. The van der Waals surface area contributed by atoms with Crippen molar-refractivity contribution >= 4 is 58.9 Å². The van der Waals surface area contributed by atoms with Gasteiger partial charge in [0, 0.05) is 79.7 Å². The van der Waals surface area contributed by atoms with E-state index in [2.05, 4.69) is 15.2 Å². The van der Waals surface area contributed by atoms with Crippen LogP contribution in [0.4, 0.5) is 10.5 Å². The van der Waals surface area contributed by atoms with E-state index < -0.39 is 23.8 Å². The van der Waals surface area contributed by atoms with Crippen LogP contribution in [0.25, 0.3) is 22.4 Å². The maximum absolute atomic E-state index is 13.1. The summed E-state index contributed by atoms with van der Waals surface area (Å²) < 4.78 is 6.84. The van der Waals surface area contributed by atoms with E-state index in [1.54, 1.807) is 44.6 Å². The van der Waals surface area contributed by atoms with Gasteiger partial charge in [0.1, 0.15) is 0 Å². The summed E-state index contributed by atoms with van der Waals surface area (Å²) in [5, 5.41) is 3.26. The summed E-state index contributed by atoms with van der Waals surface area (Å²) in [6, 6.07) is 8.36. The number of carbonyl (C=O) groups is 4. The normalized spacial score (nSPS) is 19.0. The first-order valence-electron chi connectivity index (χ1n) is 14.6. The van der Waals surface area contributed by atoms with Crippen molar-refractivity contribution in [3.63, 3.8) is 0 Å². The second kappa shape index (κ2) is 12.1. The Morgan fingerprint density at radius 2 is 1.76 bits per heavy atom. The molecule has 3 aliphatic rings. The molecule has 6 rings (SSSR count). The molecule has 1 aromatic carbocycles. The maximum atomic E-state index is 13.1. The van der Waals surface area contributed by atoms with Gasteiger partial charge >= 0.3 is 11.9 Å². The number of aromatic nitrogens is 2. The number of rotatable bonds is 7. The van der Waals surface area contributed by atoms with Crippen LogP contribution in [-0.2, 0) is 20.9 Å². The van der Waals surface area contributed by atoms with Crippen molar-refractivity contribution in [2.45, 2.75) is 13.5 Å². The van der Waals surface area contributed by atoms with Crippen LogP contribution < -0.4 is 10.1 Å². The van der Waals surface area contributed by atoms with Crippen LogP contribution in [0, 0.1) is 11.3 Å². The lowest BCUT2D eigenvalue weighted by molar-refractivity contribution is -0.400. The Bertz CT molecular complexity index is 1820. The standard InChI is InChI=1S/C32H31Cl2N7O5/c1-18(42)41-16-32(17-41)14-40(15-32)12-19-8-9-24(37-29(19)46-4)22-11-35-10-21(26(22)33)20-6-5-7-25(27(20)34)36-28(43)23-13-38(2)31(45)39(3)30(23)44/h5-11,13,23H,12,14-17H2,1-4H3/p+1. The number of ether oxygens (including phenoxy) is 1. The summed E-state index contributed by atoms with van der Waals surface area (Å²) in [6.07, 6.45) is 4.46. The molecular formula is C32H32Cl2N7O5+. The molecular weight excluding hydrogens is 633 g/mol. The van der Waals surface area contributed by atoms with Gasteiger partial charge in [-0.1, -0.05) is 41.4 Å². The molecule has 1 N–H and O–H groups in total. The molecule has 2 aromatic heterocycles. The van der Waals surface area contributed by atoms with Gasteiger partial charge in [-0.25, -0.2) is 14.4 Å². The van der Waals surface area contributed by atoms with Crippen molar-refractivity contribution in [3.8, 4) is 28.3 Å². The molecule has 1 atom stereocenters. The molecule has 3 aliphatic heterocycles. The van der Waals surface area contributed by atoms with Gasteiger partial charge in [0.2, 0.25) is 17.7 Å². The minimum absolute atomic E-state index is 0.122. The van der Waals surface area contributed by atoms with Crippen molar-refractivity contribution in [3.05, 3.63) is 58.3 Å². The van der Waals surface area contributed by atoms with E-state index in [4.69, 9.17) is 32.9 Å². The van der Waals surface area contributed by atoms with E-state index in [0.29, 0.717) is 39.8 Å². The molecule has 0 saturated carbocycles. The fourth-order valence-corrected chi connectivity index (χ4v) is 6.86. The van der Waals surface area contributed by atoms with Crippen LogP contribution in [-0.4, -0.2) is 107 Å². The highest BCUT2D eigenvalue weighted by Crippen LogP contribution is 2.42. The van der Waals surface area contributed by atoms with Crippen LogP contribution in [0.2, 0.25) is 10.0 Å². The SMILES string of the molecule is COc1nc(-c2cncc(-c3cccc(NC(=O)C4C=[N+](C)C(=O)N(C)C4=O)c3Cl)c2Cl)ccc1CN1CC2(C1)CN(C(C)=O)C2. The molecule has 0 radical (unpaired) electrons. The monoisotopic (exact) mass is 664 g/mol. The Morgan fingerprint density at radius 1 is 1.04 bits per heavy atom. The van der Waals surface area contributed by atoms with Gasteiger partial charge in [-0.15, -0.1) is 0 Å². The molecule has 1 spiro atoms. The lowest BCUT2D eigenvalue weighted by Crippen LogP contribution is -2.72. The molecule has 3 aromatic rings. The second-order valence-corrected chi connectivity index (χ2v) is 12.8. The van der Waals surface area contributed by atoms with Crippen molar-refractivity contribution in [2.75, 3.05) is 52.7 Å². The van der Waals surface area contributed by atoms with Crippen LogP contribution in [0.5, 0.6) is 5.88 Å². The number of benzene rings is 1. The molecule has 12 nitrogen and oxygen atoms in total. The van der Waals surface area contributed by atoms with E-state index in [1.807, 2.05) is 17.0 Å². The van der Waals surface area contributed by atoms with E-state index in [-0.39, 0.29) is 22.0 Å². The molecule has 1 unspecified atom stereocenters. The number of urea groups is 1. The molecule has 5 heterocycles. The first kappa shape index (κ1) is 31.6. The number of pyridine rings is 2. The summed E-state index contributed by atoms with van der Waals surface area (Å²) in [6.45, 7) is 5.74. The zero-order chi connectivity index (χ0) is 32.9. The topological polar surface area (TPSA) is 128 Å². The Labute approximate surface area is 275 Å². The minimum atomic E-state index is -1.21. The van der Waals surface area contributed by atoms with Gasteiger partial charge in [0.05, 0.1) is 48.8 Å². The van der Waals surface area contributed by atoms with Crippen molar-refractivity contribution in [2.24, 2.45) is 11.3 Å². The third-order valence-corrected chi connectivity index (χ3v) is 9.50. The molecule has 2 fully saturated rings. The number of halogens is 2. The third kappa shape index (κ3) is 5.61. The average molecular weight is 666 g/mol. The number of imide groups is 1. The first-order valence-corrected chi connectivity index (χ1v) is 15.3. The van der Waals surface area contributed by atoms with Crippen LogP contribution in [0.15, 0.2) is 42.7 Å². The molecule has 14 heteroatoms. The number of hydrogen-bond acceptors (Lipinski definition) is 8. The number of anilines is 1. The number of nitrogens with one attached hydrogen (secondary N) is 1. The average Bonchev–Trinajstić information content (AvgIpc) is 2.99. The Balaban J connectivity index is 1.21. The smallest absolute Gasteiger partial charge is 0.481 e. The highest BCUT2D eigenvalue weighted by Gasteiger charge is 2.52. The van der Waals surface area contributed by atoms with Gasteiger partial charge < -0.3 is 15.0 Å². The maximum Gasteiger partial charge on any atom is 0.499 e. The quantitative estimate of drug-likeness (QED) is 0.300. The van der Waals surface area contributed by atoms with E-state index >= 15 is 0 Å². The fraction of sp³-hybridized carbons (Fsp3) is 0.344. The Kier molecular flexibility index (Phi) is 8.30. The van der Waals surface area contributed by atoms with Crippen molar-refractivity contribution in [1.82, 2.24) is 24.7 Å². The number of amides is 5. The van der Waals surface area contributed by atoms with Crippen LogP contribution in [0.1, 0.15) is 12.5 Å². The summed E-state index contributed by atoms with van der Waals surface area (Å²) in [5.74, 6) is -1.88. The van der Waals surface area contributed by atoms with Gasteiger partial charge in [-0.3, -0.25) is 19.5 Å². The van der Waals surface area contributed by atoms with Gasteiger partial charge in [0.25, 0.3) is 0 Å². The number of nitrogens with zero attached hydrogens (tertiary/aromatic N) is 6. The summed E-state index contributed by atoms with van der Waals surface area (Å²) in [7, 11) is 4.37. The van der Waals surface area contributed by atoms with E-state index in [1.165, 1.54) is 24.9 Å². The van der Waals surface area contributed by atoms with Crippen LogP contribution >= 0.6 is 23.2 Å². The molecule has 0 bridgehead atoms. The number of carbonyl (C=O) groups excluding carboxylic acids is 4. The third-order valence-electron chi connectivity index (χ3n) is 8.69. The van der Waals surface area contributed by atoms with Gasteiger partial charge in [0.15, 0.2) is 5.92 Å². The van der Waals surface area contributed by atoms with Crippen molar-refractivity contribution in [1.29, 1.82) is 0 Å². The molecule has 0 aliphatic carbocycles. The summed E-state index contributed by atoms with van der Waals surface area (Å²) in [5.41, 5.74) is 3.55. The lowest BCUT2D eigenvalue weighted by Gasteiger charge is -2.60. The first-order chi connectivity index (χ1) is 21.9. The predicted molar refractivity (Wildman–Crippen MR) is 172 cm³/mol. The second-order valence-electron chi connectivity index (χ2n) is 12.0. The molecule has 2 saturated heterocycles. The zero-order valence-corrected chi connectivity index (χ0v) is 27.2. The lowest BCUT2D eigenvalue weighted by atomic mass is 9.72.